The van der Waals surface area contributed by atoms with E-state index in [2.05, 4.69) is 27.3 Å². The zero-order valence-electron chi connectivity index (χ0n) is 9.57. The average Bonchev–Trinajstić information content (AvgIpc) is 2.17. The monoisotopic (exact) mass is 248 g/mol. The highest BCUT2D eigenvalue weighted by molar-refractivity contribution is 7.84. The fraction of sp³-hybridized carbons (Fsp3) is 0.900. The van der Waals surface area contributed by atoms with Crippen LogP contribution in [0.5, 0.6) is 0 Å². The van der Waals surface area contributed by atoms with Crippen LogP contribution in [0.3, 0.4) is 0 Å². The van der Waals surface area contributed by atoms with Crippen LogP contribution in [0.1, 0.15) is 19.3 Å². The Balaban J connectivity index is 3.29. The second kappa shape index (κ2) is 10.4. The van der Waals surface area contributed by atoms with Crippen LogP contribution in [0.2, 0.25) is 0 Å². The van der Waals surface area contributed by atoms with E-state index in [1.165, 1.54) is 0 Å². The first-order valence-corrected chi connectivity index (χ1v) is 7.09. The van der Waals surface area contributed by atoms with Crippen molar-refractivity contribution < 1.29 is 4.21 Å². The number of hydrogen-bond donors (Lipinski definition) is 0. The third-order valence-electron chi connectivity index (χ3n) is 1.93. The standard InChI is InChI=1S/C10H20N2OS2/c1-12(2)7-5-9-15(13)8-4-3-6-11-10-14/h3-9H2,1-2H3. The van der Waals surface area contributed by atoms with E-state index in [0.717, 1.165) is 43.9 Å². The molecular weight excluding hydrogens is 228 g/mol. The average molecular weight is 248 g/mol. The first-order chi connectivity index (χ1) is 7.16. The maximum absolute atomic E-state index is 11.5. The molecule has 0 heterocycles. The Labute approximate surface area is 100 Å². The molecule has 0 radical (unpaired) electrons. The fourth-order valence-electron chi connectivity index (χ4n) is 1.14. The minimum Gasteiger partial charge on any atom is -0.309 e. The van der Waals surface area contributed by atoms with Crippen molar-refractivity contribution in [3.05, 3.63) is 0 Å². The van der Waals surface area contributed by atoms with Crippen LogP contribution in [0.4, 0.5) is 0 Å². The first-order valence-electron chi connectivity index (χ1n) is 5.20. The Morgan fingerprint density at radius 3 is 2.53 bits per heavy atom. The minimum absolute atomic E-state index is 0.657. The highest BCUT2D eigenvalue weighted by atomic mass is 32.2. The summed E-state index contributed by atoms with van der Waals surface area (Å²) >= 11 is 4.45. The summed E-state index contributed by atoms with van der Waals surface area (Å²) in [5.41, 5.74) is 0. The molecule has 1 unspecified atom stereocenters. The summed E-state index contributed by atoms with van der Waals surface area (Å²) in [6.45, 7) is 1.74. The van der Waals surface area contributed by atoms with Gasteiger partial charge in [0.15, 0.2) is 0 Å². The van der Waals surface area contributed by atoms with E-state index in [9.17, 15) is 4.21 Å². The molecule has 0 N–H and O–H groups in total. The third kappa shape index (κ3) is 11.8. The zero-order chi connectivity index (χ0) is 11.5. The van der Waals surface area contributed by atoms with E-state index in [4.69, 9.17) is 0 Å². The van der Waals surface area contributed by atoms with Gasteiger partial charge in [-0.25, -0.2) is 4.99 Å². The van der Waals surface area contributed by atoms with Crippen molar-refractivity contribution in [1.82, 2.24) is 4.90 Å². The molecule has 88 valence electrons. The molecule has 3 nitrogen and oxygen atoms in total. The van der Waals surface area contributed by atoms with Gasteiger partial charge in [-0.05, 0) is 52.1 Å². The van der Waals surface area contributed by atoms with Gasteiger partial charge in [0, 0.05) is 28.9 Å². The molecular formula is C10H20N2OS2. The van der Waals surface area contributed by atoms with Gasteiger partial charge in [-0.1, -0.05) is 0 Å². The number of nitrogens with zero attached hydrogens (tertiary/aromatic N) is 2. The van der Waals surface area contributed by atoms with E-state index in [1.807, 2.05) is 14.1 Å². The maximum atomic E-state index is 11.5. The van der Waals surface area contributed by atoms with Crippen LogP contribution in [0.15, 0.2) is 4.99 Å². The van der Waals surface area contributed by atoms with Gasteiger partial charge in [0.05, 0.1) is 5.16 Å². The number of aliphatic imine (C=N–C) groups is 1. The Morgan fingerprint density at radius 1 is 1.27 bits per heavy atom. The molecule has 0 bridgehead atoms. The van der Waals surface area contributed by atoms with E-state index >= 15 is 0 Å². The van der Waals surface area contributed by atoms with Gasteiger partial charge in [-0.3, -0.25) is 4.21 Å². The molecule has 5 heteroatoms. The molecule has 0 saturated carbocycles. The van der Waals surface area contributed by atoms with Gasteiger partial charge >= 0.3 is 0 Å². The Morgan fingerprint density at radius 2 is 1.93 bits per heavy atom. The van der Waals surface area contributed by atoms with Gasteiger partial charge in [0.2, 0.25) is 0 Å². The molecule has 0 fully saturated rings. The summed E-state index contributed by atoms with van der Waals surface area (Å²) < 4.78 is 11.5. The molecule has 0 amide bonds. The maximum Gasteiger partial charge on any atom is 0.0584 e. The molecule has 0 aromatic heterocycles. The number of hydrogen-bond acceptors (Lipinski definition) is 4. The molecule has 15 heavy (non-hydrogen) atoms. The lowest BCUT2D eigenvalue weighted by Gasteiger charge is -2.08. The predicted octanol–water partition coefficient (Wildman–Crippen LogP) is 1.57. The predicted molar refractivity (Wildman–Crippen MR) is 70.2 cm³/mol. The van der Waals surface area contributed by atoms with Crippen LogP contribution < -0.4 is 0 Å². The van der Waals surface area contributed by atoms with Crippen molar-refractivity contribution in [3.63, 3.8) is 0 Å². The Hall–Kier alpha value is -0.0900. The number of isothiocyanates is 1. The lowest BCUT2D eigenvalue weighted by molar-refractivity contribution is 0.409. The lowest BCUT2D eigenvalue weighted by Crippen LogP contribution is -2.16. The van der Waals surface area contributed by atoms with Crippen LogP contribution in [-0.2, 0) is 10.8 Å². The zero-order valence-corrected chi connectivity index (χ0v) is 11.2. The Bertz CT molecular complexity index is 225. The van der Waals surface area contributed by atoms with Gasteiger partial charge in [-0.2, -0.15) is 0 Å². The lowest BCUT2D eigenvalue weighted by atomic mass is 10.3. The van der Waals surface area contributed by atoms with E-state index < -0.39 is 10.8 Å². The minimum atomic E-state index is -0.657. The summed E-state index contributed by atoms with van der Waals surface area (Å²) in [5, 5.41) is 2.33. The van der Waals surface area contributed by atoms with Crippen molar-refractivity contribution >= 4 is 28.2 Å². The number of unbranched alkanes of at least 4 members (excludes halogenated alkanes) is 1. The Kier molecular flexibility index (Phi) is 10.4. The van der Waals surface area contributed by atoms with Gasteiger partial charge in [0.1, 0.15) is 0 Å². The summed E-state index contributed by atoms with van der Waals surface area (Å²) in [4.78, 5) is 5.93. The van der Waals surface area contributed by atoms with E-state index in [0.29, 0.717) is 0 Å². The largest absolute Gasteiger partial charge is 0.309 e. The molecule has 0 aliphatic rings. The summed E-state index contributed by atoms with van der Waals surface area (Å²) in [5.74, 6) is 1.61. The van der Waals surface area contributed by atoms with Crippen molar-refractivity contribution in [2.24, 2.45) is 4.99 Å². The topological polar surface area (TPSA) is 32.7 Å². The van der Waals surface area contributed by atoms with Crippen molar-refractivity contribution in [3.8, 4) is 0 Å². The van der Waals surface area contributed by atoms with Crippen LogP contribution in [0.25, 0.3) is 0 Å². The quantitative estimate of drug-likeness (QED) is 0.353. The molecule has 1 atom stereocenters. The summed E-state index contributed by atoms with van der Waals surface area (Å²) in [6, 6.07) is 0. The second-order valence-corrected chi connectivity index (χ2v) is 5.56. The van der Waals surface area contributed by atoms with Gasteiger partial charge in [-0.15, -0.1) is 0 Å². The van der Waals surface area contributed by atoms with Crippen molar-refractivity contribution in [2.45, 2.75) is 19.3 Å². The summed E-state index contributed by atoms with van der Waals surface area (Å²) in [6.07, 6.45) is 2.94. The highest BCUT2D eigenvalue weighted by Crippen LogP contribution is 1.96. The number of thiocarbonyl (C=S) groups is 1. The SMILES string of the molecule is CN(C)CCCS(=O)CCCCN=C=S. The second-order valence-electron chi connectivity index (χ2n) is 3.69. The van der Waals surface area contributed by atoms with Crippen molar-refractivity contribution in [1.29, 1.82) is 0 Å². The molecule has 0 aliphatic carbocycles. The number of rotatable bonds is 9. The molecule has 0 spiro atoms. The third-order valence-corrected chi connectivity index (χ3v) is 3.55. The van der Waals surface area contributed by atoms with E-state index in [1.54, 1.807) is 0 Å². The highest BCUT2D eigenvalue weighted by Gasteiger charge is 1.99. The molecule has 0 saturated heterocycles. The van der Waals surface area contributed by atoms with Gasteiger partial charge < -0.3 is 4.90 Å². The fourth-order valence-corrected chi connectivity index (χ4v) is 2.42. The summed E-state index contributed by atoms with van der Waals surface area (Å²) in [7, 11) is 3.41. The molecule has 0 aromatic carbocycles. The normalized spacial score (nSPS) is 12.5. The van der Waals surface area contributed by atoms with Gasteiger partial charge in [0.25, 0.3) is 0 Å². The van der Waals surface area contributed by atoms with Crippen molar-refractivity contribution in [2.75, 3.05) is 38.7 Å². The molecule has 0 aliphatic heterocycles. The van der Waals surface area contributed by atoms with Crippen LogP contribution in [-0.4, -0.2) is 53.0 Å². The van der Waals surface area contributed by atoms with E-state index in [-0.39, 0.29) is 0 Å². The molecule has 0 aromatic rings. The van der Waals surface area contributed by atoms with Crippen LogP contribution >= 0.6 is 12.2 Å². The smallest absolute Gasteiger partial charge is 0.0584 e. The first kappa shape index (κ1) is 14.9. The molecule has 0 rings (SSSR count). The van der Waals surface area contributed by atoms with Crippen LogP contribution in [0, 0.1) is 0 Å².